The van der Waals surface area contributed by atoms with Gasteiger partial charge in [0, 0.05) is 43.9 Å². The molecule has 0 spiro atoms. The van der Waals surface area contributed by atoms with Crippen LogP contribution in [-0.2, 0) is 27.8 Å². The Morgan fingerprint density at radius 3 is 2.80 bits per heavy atom. The highest BCUT2D eigenvalue weighted by atomic mass is 32.2. The van der Waals surface area contributed by atoms with E-state index in [-0.39, 0.29) is 12.5 Å². The minimum absolute atomic E-state index is 0.0212. The topological polar surface area (TPSA) is 109 Å². The molecule has 2 N–H and O–H groups in total. The molecular weight excluding hydrogens is 404 g/mol. The molecule has 0 saturated carbocycles. The van der Waals surface area contributed by atoms with Gasteiger partial charge < -0.3 is 14.8 Å². The molecule has 2 atom stereocenters. The number of hydrogen-bond donors (Lipinski definition) is 2. The van der Waals surface area contributed by atoms with Crippen molar-refractivity contribution in [1.29, 1.82) is 0 Å². The van der Waals surface area contributed by atoms with Gasteiger partial charge >= 0.3 is 0 Å². The molecule has 1 aromatic heterocycles. The third-order valence-electron chi connectivity index (χ3n) is 6.24. The molecule has 2 aromatic rings. The van der Waals surface area contributed by atoms with E-state index in [2.05, 4.69) is 24.8 Å². The first-order valence-electron chi connectivity index (χ1n) is 10.6. The molecular formula is C20H26N6O3S. The number of rotatable bonds is 5. The third kappa shape index (κ3) is 3.58. The lowest BCUT2D eigenvalue weighted by Gasteiger charge is -2.20. The lowest BCUT2D eigenvalue weighted by atomic mass is 10.2. The summed E-state index contributed by atoms with van der Waals surface area (Å²) in [5, 5.41) is 11.0. The third-order valence-corrected chi connectivity index (χ3v) is 7.99. The zero-order valence-electron chi connectivity index (χ0n) is 16.7. The number of amides is 1. The molecule has 9 nitrogen and oxygen atoms in total. The molecule has 160 valence electrons. The van der Waals surface area contributed by atoms with E-state index in [4.69, 9.17) is 0 Å². The second-order valence-electron chi connectivity index (χ2n) is 8.27. The standard InChI is InChI=1S/C20H26N6O3S/c27-20(25-8-1-2-9-25)17-12-16(13-21-17)30(28,29)24-15-6-3-5-14(11-15)19-23-22-18-7-4-10-26(18)19/h3,5-6,11,16-17,21,24H,1-2,4,7-10,12-13H2. The van der Waals surface area contributed by atoms with Gasteiger partial charge in [0.25, 0.3) is 0 Å². The Labute approximate surface area is 175 Å². The van der Waals surface area contributed by atoms with Crippen molar-refractivity contribution < 1.29 is 13.2 Å². The molecule has 10 heteroatoms. The normalized spacial score (nSPS) is 23.7. The van der Waals surface area contributed by atoms with Crippen LogP contribution in [0.2, 0.25) is 0 Å². The Hall–Kier alpha value is -2.46. The Kier molecular flexibility index (Phi) is 4.98. The first kappa shape index (κ1) is 19.5. The van der Waals surface area contributed by atoms with Crippen LogP contribution in [0.5, 0.6) is 0 Å². The number of nitrogens with one attached hydrogen (secondary N) is 2. The molecule has 3 aliphatic heterocycles. The van der Waals surface area contributed by atoms with Gasteiger partial charge in [-0.25, -0.2) is 8.42 Å². The van der Waals surface area contributed by atoms with E-state index < -0.39 is 21.3 Å². The first-order chi connectivity index (χ1) is 14.5. The maximum Gasteiger partial charge on any atom is 0.239 e. The summed E-state index contributed by atoms with van der Waals surface area (Å²) in [5.74, 6) is 1.76. The Morgan fingerprint density at radius 1 is 1.13 bits per heavy atom. The van der Waals surface area contributed by atoms with E-state index in [0.29, 0.717) is 12.1 Å². The van der Waals surface area contributed by atoms with E-state index in [1.807, 2.05) is 17.0 Å². The van der Waals surface area contributed by atoms with E-state index in [9.17, 15) is 13.2 Å². The highest BCUT2D eigenvalue weighted by Gasteiger charge is 2.39. The fraction of sp³-hybridized carbons (Fsp3) is 0.550. The summed E-state index contributed by atoms with van der Waals surface area (Å²) in [6.07, 6.45) is 4.31. The van der Waals surface area contributed by atoms with Crippen molar-refractivity contribution in [2.45, 2.75) is 49.9 Å². The number of anilines is 1. The summed E-state index contributed by atoms with van der Waals surface area (Å²) >= 11 is 0. The summed E-state index contributed by atoms with van der Waals surface area (Å²) < 4.78 is 30.7. The van der Waals surface area contributed by atoms with Crippen LogP contribution in [0.15, 0.2) is 24.3 Å². The maximum absolute atomic E-state index is 13.0. The highest BCUT2D eigenvalue weighted by Crippen LogP contribution is 2.27. The average Bonchev–Trinajstić information content (AvgIpc) is 3.52. The van der Waals surface area contributed by atoms with Gasteiger partial charge in [0.2, 0.25) is 15.9 Å². The van der Waals surface area contributed by atoms with E-state index in [1.165, 1.54) is 0 Å². The highest BCUT2D eigenvalue weighted by molar-refractivity contribution is 7.93. The van der Waals surface area contributed by atoms with Crippen LogP contribution in [0, 0.1) is 0 Å². The second-order valence-corrected chi connectivity index (χ2v) is 10.2. The summed E-state index contributed by atoms with van der Waals surface area (Å²) in [4.78, 5) is 14.4. The monoisotopic (exact) mass is 430 g/mol. The molecule has 3 aliphatic rings. The Balaban J connectivity index is 1.29. The molecule has 1 amide bonds. The molecule has 0 bridgehead atoms. The van der Waals surface area contributed by atoms with Gasteiger partial charge in [-0.3, -0.25) is 9.52 Å². The summed E-state index contributed by atoms with van der Waals surface area (Å²) in [7, 11) is -3.63. The van der Waals surface area contributed by atoms with Crippen LogP contribution in [0.3, 0.4) is 0 Å². The molecule has 2 saturated heterocycles. The van der Waals surface area contributed by atoms with Crippen LogP contribution in [0.4, 0.5) is 5.69 Å². The fourth-order valence-corrected chi connectivity index (χ4v) is 6.00. The van der Waals surface area contributed by atoms with Gasteiger partial charge in [-0.2, -0.15) is 0 Å². The van der Waals surface area contributed by atoms with E-state index >= 15 is 0 Å². The van der Waals surface area contributed by atoms with Gasteiger partial charge in [0.05, 0.1) is 11.3 Å². The number of aromatic nitrogens is 3. The average molecular weight is 431 g/mol. The largest absolute Gasteiger partial charge is 0.341 e. The summed E-state index contributed by atoms with van der Waals surface area (Å²) in [5.41, 5.74) is 1.33. The van der Waals surface area contributed by atoms with Crippen molar-refractivity contribution in [3.8, 4) is 11.4 Å². The van der Waals surface area contributed by atoms with E-state index in [0.717, 1.165) is 62.5 Å². The van der Waals surface area contributed by atoms with Crippen LogP contribution in [0.25, 0.3) is 11.4 Å². The molecule has 0 radical (unpaired) electrons. The van der Waals surface area contributed by atoms with Crippen molar-refractivity contribution in [3.05, 3.63) is 30.1 Å². The lowest BCUT2D eigenvalue weighted by molar-refractivity contribution is -0.131. The number of carbonyl (C=O) groups excluding carboxylic acids is 1. The van der Waals surface area contributed by atoms with Crippen molar-refractivity contribution in [1.82, 2.24) is 25.0 Å². The minimum atomic E-state index is -3.63. The van der Waals surface area contributed by atoms with Gasteiger partial charge in [-0.15, -0.1) is 10.2 Å². The quantitative estimate of drug-likeness (QED) is 0.732. The number of benzene rings is 1. The van der Waals surface area contributed by atoms with Crippen LogP contribution in [-0.4, -0.2) is 64.9 Å². The number of fused-ring (bicyclic) bond motifs is 1. The zero-order valence-corrected chi connectivity index (χ0v) is 17.6. The number of likely N-dealkylation sites (tertiary alicyclic amines) is 1. The van der Waals surface area contributed by atoms with Gasteiger partial charge in [0.1, 0.15) is 5.82 Å². The van der Waals surface area contributed by atoms with Gasteiger partial charge in [-0.05, 0) is 37.8 Å². The predicted octanol–water partition coefficient (Wildman–Crippen LogP) is 0.986. The summed E-state index contributed by atoms with van der Waals surface area (Å²) in [6, 6.07) is 6.83. The van der Waals surface area contributed by atoms with Gasteiger partial charge in [0.15, 0.2) is 5.82 Å². The number of sulfonamides is 1. The van der Waals surface area contributed by atoms with Crippen LogP contribution >= 0.6 is 0 Å². The molecule has 2 fully saturated rings. The zero-order chi connectivity index (χ0) is 20.7. The predicted molar refractivity (Wildman–Crippen MR) is 112 cm³/mol. The minimum Gasteiger partial charge on any atom is -0.341 e. The fourth-order valence-electron chi connectivity index (χ4n) is 4.62. The first-order valence-corrected chi connectivity index (χ1v) is 12.1. The molecule has 0 aliphatic carbocycles. The Morgan fingerprint density at radius 2 is 1.97 bits per heavy atom. The van der Waals surface area contributed by atoms with Crippen molar-refractivity contribution in [3.63, 3.8) is 0 Å². The van der Waals surface area contributed by atoms with Crippen molar-refractivity contribution in [2.75, 3.05) is 24.4 Å². The SMILES string of the molecule is O=C(C1CC(S(=O)(=O)Nc2cccc(-c3nnc4n3CCC4)c2)CN1)N1CCCC1. The number of hydrogen-bond acceptors (Lipinski definition) is 6. The van der Waals surface area contributed by atoms with Crippen LogP contribution < -0.4 is 10.0 Å². The van der Waals surface area contributed by atoms with Crippen LogP contribution in [0.1, 0.15) is 31.5 Å². The molecule has 2 unspecified atom stereocenters. The second kappa shape index (κ2) is 7.66. The molecule has 30 heavy (non-hydrogen) atoms. The molecule has 4 heterocycles. The molecule has 1 aromatic carbocycles. The smallest absolute Gasteiger partial charge is 0.239 e. The summed E-state index contributed by atoms with van der Waals surface area (Å²) in [6.45, 7) is 2.70. The lowest BCUT2D eigenvalue weighted by Crippen LogP contribution is -2.42. The van der Waals surface area contributed by atoms with Crippen molar-refractivity contribution in [2.24, 2.45) is 0 Å². The molecule has 5 rings (SSSR count). The number of carbonyl (C=O) groups is 1. The van der Waals surface area contributed by atoms with Crippen molar-refractivity contribution >= 4 is 21.6 Å². The Bertz CT molecular complexity index is 1060. The van der Waals surface area contributed by atoms with E-state index in [1.54, 1.807) is 12.1 Å². The maximum atomic E-state index is 13.0. The number of aryl methyl sites for hydroxylation is 1. The van der Waals surface area contributed by atoms with Gasteiger partial charge in [-0.1, -0.05) is 12.1 Å². The number of nitrogens with zero attached hydrogens (tertiary/aromatic N) is 4.